The Bertz CT molecular complexity index is 702. The fraction of sp³-hybridized carbons (Fsp3) is 0. The summed E-state index contributed by atoms with van der Waals surface area (Å²) in [6.07, 6.45) is 3.26. The Morgan fingerprint density at radius 3 is 2.71 bits per heavy atom. The first-order valence-corrected chi connectivity index (χ1v) is 5.59. The standard InChI is InChI=1S/C11H7Cl2N3O/c12-6-1-2-7(13)10-9(6)5(3-15-10)8-4-17-11(14)16-8/h1-4,15H,(H2,14,16). The molecule has 86 valence electrons. The lowest BCUT2D eigenvalue weighted by Gasteiger charge is -1.98. The minimum absolute atomic E-state index is 0.118. The highest BCUT2D eigenvalue weighted by Crippen LogP contribution is 2.36. The fourth-order valence-corrected chi connectivity index (χ4v) is 2.26. The molecule has 0 saturated heterocycles. The molecule has 1 aromatic carbocycles. The van der Waals surface area contributed by atoms with E-state index in [4.69, 9.17) is 33.4 Å². The van der Waals surface area contributed by atoms with Crippen LogP contribution in [0.3, 0.4) is 0 Å². The lowest BCUT2D eigenvalue weighted by molar-refractivity contribution is 0.581. The van der Waals surface area contributed by atoms with Gasteiger partial charge in [0.2, 0.25) is 0 Å². The third-order valence-electron chi connectivity index (χ3n) is 2.53. The molecule has 3 aromatic rings. The van der Waals surface area contributed by atoms with Crippen molar-refractivity contribution in [1.29, 1.82) is 0 Å². The molecule has 0 spiro atoms. The fourth-order valence-electron chi connectivity index (χ4n) is 1.79. The highest BCUT2D eigenvalue weighted by atomic mass is 35.5. The van der Waals surface area contributed by atoms with Gasteiger partial charge < -0.3 is 15.1 Å². The van der Waals surface area contributed by atoms with Crippen molar-refractivity contribution in [3.63, 3.8) is 0 Å². The number of aromatic amines is 1. The number of fused-ring (bicyclic) bond motifs is 1. The maximum Gasteiger partial charge on any atom is 0.292 e. The Morgan fingerprint density at radius 1 is 1.24 bits per heavy atom. The monoisotopic (exact) mass is 267 g/mol. The molecule has 0 unspecified atom stereocenters. The number of nitrogens with zero attached hydrogens (tertiary/aromatic N) is 1. The number of nitrogens with one attached hydrogen (secondary N) is 1. The average Bonchev–Trinajstić information content (AvgIpc) is 2.89. The first kappa shape index (κ1) is 10.5. The van der Waals surface area contributed by atoms with Crippen LogP contribution in [0, 0.1) is 0 Å². The van der Waals surface area contributed by atoms with Gasteiger partial charge in [-0.05, 0) is 12.1 Å². The SMILES string of the molecule is Nc1nc(-c2c[nH]c3c(Cl)ccc(Cl)c23)co1. The van der Waals surface area contributed by atoms with E-state index in [1.165, 1.54) is 6.26 Å². The number of hydrogen-bond acceptors (Lipinski definition) is 3. The molecule has 17 heavy (non-hydrogen) atoms. The summed E-state index contributed by atoms with van der Waals surface area (Å²) in [5, 5.41) is 2.02. The van der Waals surface area contributed by atoms with E-state index in [-0.39, 0.29) is 6.01 Å². The average molecular weight is 268 g/mol. The number of oxazole rings is 1. The van der Waals surface area contributed by atoms with Crippen LogP contribution in [0.15, 0.2) is 29.0 Å². The van der Waals surface area contributed by atoms with Gasteiger partial charge in [0.15, 0.2) is 0 Å². The van der Waals surface area contributed by atoms with E-state index in [0.29, 0.717) is 15.7 Å². The first-order chi connectivity index (χ1) is 8.16. The Kier molecular flexibility index (Phi) is 2.28. The van der Waals surface area contributed by atoms with Gasteiger partial charge in [-0.1, -0.05) is 23.2 Å². The van der Waals surface area contributed by atoms with Gasteiger partial charge in [-0.25, -0.2) is 0 Å². The topological polar surface area (TPSA) is 67.8 Å². The van der Waals surface area contributed by atoms with Crippen molar-refractivity contribution in [3.8, 4) is 11.3 Å². The molecule has 0 radical (unpaired) electrons. The van der Waals surface area contributed by atoms with Gasteiger partial charge >= 0.3 is 0 Å². The summed E-state index contributed by atoms with van der Waals surface area (Å²) in [6.45, 7) is 0. The second-order valence-electron chi connectivity index (χ2n) is 3.55. The second-order valence-corrected chi connectivity index (χ2v) is 4.37. The molecular weight excluding hydrogens is 261 g/mol. The van der Waals surface area contributed by atoms with E-state index in [1.54, 1.807) is 18.3 Å². The predicted molar refractivity (Wildman–Crippen MR) is 68.2 cm³/mol. The molecule has 0 bridgehead atoms. The molecule has 0 aliphatic rings. The van der Waals surface area contributed by atoms with E-state index in [2.05, 4.69) is 9.97 Å². The number of rotatable bonds is 1. The molecule has 0 fully saturated rings. The third-order valence-corrected chi connectivity index (χ3v) is 3.16. The maximum atomic E-state index is 6.16. The molecule has 0 saturated carbocycles. The van der Waals surface area contributed by atoms with E-state index in [9.17, 15) is 0 Å². The molecule has 4 nitrogen and oxygen atoms in total. The molecule has 0 amide bonds. The Balaban J connectivity index is 2.35. The largest absolute Gasteiger partial charge is 0.432 e. The summed E-state index contributed by atoms with van der Waals surface area (Å²) in [4.78, 5) is 7.13. The summed E-state index contributed by atoms with van der Waals surface area (Å²) in [6, 6.07) is 3.60. The molecule has 3 rings (SSSR count). The minimum atomic E-state index is 0.118. The highest BCUT2D eigenvalue weighted by Gasteiger charge is 2.14. The molecular formula is C11H7Cl2N3O. The van der Waals surface area contributed by atoms with Gasteiger partial charge in [-0.3, -0.25) is 0 Å². The van der Waals surface area contributed by atoms with Gasteiger partial charge in [0, 0.05) is 17.1 Å². The maximum absolute atomic E-state index is 6.16. The van der Waals surface area contributed by atoms with E-state index >= 15 is 0 Å². The smallest absolute Gasteiger partial charge is 0.292 e. The molecule has 0 aliphatic heterocycles. The number of anilines is 1. The van der Waals surface area contributed by atoms with Crippen LogP contribution in [0.2, 0.25) is 10.0 Å². The summed E-state index contributed by atoms with van der Waals surface area (Å²) in [5.41, 5.74) is 7.66. The van der Waals surface area contributed by atoms with Gasteiger partial charge in [0.25, 0.3) is 6.01 Å². The van der Waals surface area contributed by atoms with Crippen molar-refractivity contribution < 1.29 is 4.42 Å². The van der Waals surface area contributed by atoms with Crippen LogP contribution < -0.4 is 5.73 Å². The van der Waals surface area contributed by atoms with Crippen molar-refractivity contribution in [1.82, 2.24) is 9.97 Å². The normalized spacial score (nSPS) is 11.2. The second kappa shape index (κ2) is 3.68. The lowest BCUT2D eigenvalue weighted by atomic mass is 10.1. The molecule has 3 N–H and O–H groups in total. The summed E-state index contributed by atoms with van der Waals surface area (Å²) >= 11 is 12.2. The number of halogens is 2. The van der Waals surface area contributed by atoms with Crippen molar-refractivity contribution in [2.45, 2.75) is 0 Å². The molecule has 2 aromatic heterocycles. The number of nitrogen functional groups attached to an aromatic ring is 1. The molecule has 0 atom stereocenters. The molecule has 2 heterocycles. The van der Waals surface area contributed by atoms with Crippen LogP contribution >= 0.6 is 23.2 Å². The van der Waals surface area contributed by atoms with Gasteiger partial charge in [-0.15, -0.1) is 0 Å². The Morgan fingerprint density at radius 2 is 2.00 bits per heavy atom. The van der Waals surface area contributed by atoms with Crippen LogP contribution in [0.5, 0.6) is 0 Å². The van der Waals surface area contributed by atoms with Crippen LogP contribution in [0.1, 0.15) is 0 Å². The minimum Gasteiger partial charge on any atom is -0.432 e. The van der Waals surface area contributed by atoms with Crippen LogP contribution in [-0.4, -0.2) is 9.97 Å². The number of hydrogen-bond donors (Lipinski definition) is 2. The van der Waals surface area contributed by atoms with E-state index < -0.39 is 0 Å². The van der Waals surface area contributed by atoms with Crippen molar-refractivity contribution in [2.75, 3.05) is 5.73 Å². The molecule has 0 aliphatic carbocycles. The van der Waals surface area contributed by atoms with Gasteiger partial charge in [0.1, 0.15) is 12.0 Å². The Labute approximate surface area is 106 Å². The highest BCUT2D eigenvalue weighted by molar-refractivity contribution is 6.41. The quantitative estimate of drug-likeness (QED) is 0.706. The number of aromatic nitrogens is 2. The summed E-state index contributed by atoms with van der Waals surface area (Å²) < 4.78 is 4.98. The van der Waals surface area contributed by atoms with Crippen LogP contribution in [0.25, 0.3) is 22.2 Å². The van der Waals surface area contributed by atoms with E-state index in [1.807, 2.05) is 0 Å². The third kappa shape index (κ3) is 1.57. The lowest BCUT2D eigenvalue weighted by Crippen LogP contribution is -1.83. The zero-order valence-electron chi connectivity index (χ0n) is 8.50. The predicted octanol–water partition coefficient (Wildman–Crippen LogP) is 3.71. The Hall–Kier alpha value is -1.65. The zero-order valence-corrected chi connectivity index (χ0v) is 10.0. The van der Waals surface area contributed by atoms with Crippen molar-refractivity contribution in [3.05, 3.63) is 34.6 Å². The van der Waals surface area contributed by atoms with Gasteiger partial charge in [-0.2, -0.15) is 4.98 Å². The summed E-state index contributed by atoms with van der Waals surface area (Å²) in [5.74, 6) is 0. The van der Waals surface area contributed by atoms with Crippen LogP contribution in [-0.2, 0) is 0 Å². The number of nitrogens with two attached hydrogens (primary N) is 1. The van der Waals surface area contributed by atoms with Crippen molar-refractivity contribution >= 4 is 40.1 Å². The first-order valence-electron chi connectivity index (χ1n) is 4.83. The number of H-pyrrole nitrogens is 1. The number of benzene rings is 1. The van der Waals surface area contributed by atoms with E-state index in [0.717, 1.165) is 16.5 Å². The van der Waals surface area contributed by atoms with Crippen LogP contribution in [0.4, 0.5) is 6.01 Å². The zero-order chi connectivity index (χ0) is 12.0. The molecule has 6 heteroatoms. The van der Waals surface area contributed by atoms with Crippen molar-refractivity contribution in [2.24, 2.45) is 0 Å². The summed E-state index contributed by atoms with van der Waals surface area (Å²) in [7, 11) is 0. The van der Waals surface area contributed by atoms with Gasteiger partial charge in [0.05, 0.1) is 15.6 Å².